The van der Waals surface area contributed by atoms with Crippen molar-refractivity contribution in [2.24, 2.45) is 27.9 Å². The minimum Gasteiger partial charge on any atom is -0.394 e. The summed E-state index contributed by atoms with van der Waals surface area (Å²) < 4.78 is 36.0. The zero-order valence-electron chi connectivity index (χ0n) is 25.3. The van der Waals surface area contributed by atoms with Gasteiger partial charge in [0.15, 0.2) is 12.6 Å². The first kappa shape index (κ1) is 39.2. The lowest BCUT2D eigenvalue weighted by atomic mass is 9.83. The molecule has 2 heterocycles. The van der Waals surface area contributed by atoms with Crippen molar-refractivity contribution in [3.63, 3.8) is 0 Å². The van der Waals surface area contributed by atoms with Gasteiger partial charge in [-0.2, -0.15) is 0 Å². The number of ether oxygens (including phenoxy) is 4. The highest BCUT2D eigenvalue weighted by Gasteiger charge is 2.51. The molecule has 0 aromatic carbocycles. The summed E-state index contributed by atoms with van der Waals surface area (Å²) in [6, 6.07) is -4.16. The summed E-state index contributed by atoms with van der Waals surface area (Å²) in [5.74, 6) is -0.666. The summed E-state index contributed by atoms with van der Waals surface area (Å²) in [7, 11) is 0. The topological polar surface area (TPSA) is 347 Å². The van der Waals surface area contributed by atoms with Crippen molar-refractivity contribution in [2.45, 2.75) is 123 Å². The summed E-state index contributed by atoms with van der Waals surface area (Å²) in [6.45, 7) is -1.72. The molecule has 46 heavy (non-hydrogen) atoms. The van der Waals surface area contributed by atoms with Gasteiger partial charge >= 0.3 is 0 Å². The van der Waals surface area contributed by atoms with Gasteiger partial charge in [-0.15, -0.1) is 0 Å². The van der Waals surface area contributed by atoms with Crippen molar-refractivity contribution < 1.29 is 69.3 Å². The molecule has 0 aromatic rings. The molecular weight excluding hydrogens is 623 g/mol. The Hall–Kier alpha value is -1.28. The smallest absolute Gasteiger partial charge is 0.186 e. The number of alkyl halides is 1. The first-order chi connectivity index (χ1) is 21.7. The first-order valence-electron chi connectivity index (χ1n) is 15.2. The molecule has 18 N–H and O–H groups in total. The standard InChI is InChI=1S/C26H51FN6O13/c27-3-4-32-6-9-1-2-10(28)25(43-9)45-22-11(29)5-12(33-24(31)20(41)19(40)16(37)13(36)7-34)23(21(22)42)46-26-18(39)15(30)17(38)14(8-35)44-26/h9-23,25-26,32,34-42H,1-8,28-30H2,(H2,31,33)/t9-,10?,11-,12+,13?,14?,15-,16?,17?,18?,19?,20?,21?,22?,23?,25+,26+/m0/s1. The summed E-state index contributed by atoms with van der Waals surface area (Å²) in [5, 5.41) is 94.6. The molecule has 270 valence electrons. The highest BCUT2D eigenvalue weighted by Crippen LogP contribution is 2.33. The molecule has 17 atom stereocenters. The molecule has 3 aliphatic rings. The molecule has 0 bridgehead atoms. The van der Waals surface area contributed by atoms with Crippen LogP contribution in [-0.4, -0.2) is 189 Å². The number of aliphatic hydroxyl groups is 9. The van der Waals surface area contributed by atoms with Crippen LogP contribution in [0.1, 0.15) is 19.3 Å². The highest BCUT2D eigenvalue weighted by atomic mass is 19.1. The molecule has 20 heteroatoms. The van der Waals surface area contributed by atoms with Crippen molar-refractivity contribution in [1.82, 2.24) is 5.32 Å². The second-order valence-corrected chi connectivity index (χ2v) is 11.9. The van der Waals surface area contributed by atoms with Crippen LogP contribution in [0.5, 0.6) is 0 Å². The first-order valence-corrected chi connectivity index (χ1v) is 15.2. The zero-order valence-corrected chi connectivity index (χ0v) is 25.3. The predicted molar refractivity (Wildman–Crippen MR) is 155 cm³/mol. The summed E-state index contributed by atoms with van der Waals surface area (Å²) >= 11 is 0. The summed E-state index contributed by atoms with van der Waals surface area (Å²) in [6.07, 6.45) is -18.9. The molecule has 2 aliphatic heterocycles. The molecular formula is C26H51FN6O13. The van der Waals surface area contributed by atoms with Crippen molar-refractivity contribution in [1.29, 1.82) is 0 Å². The molecule has 3 rings (SSSR count). The fourth-order valence-corrected chi connectivity index (χ4v) is 5.68. The van der Waals surface area contributed by atoms with Gasteiger partial charge in [-0.3, -0.25) is 4.99 Å². The van der Waals surface area contributed by atoms with Gasteiger partial charge in [-0.1, -0.05) is 0 Å². The predicted octanol–water partition coefficient (Wildman–Crippen LogP) is -7.83. The number of aliphatic hydroxyl groups excluding tert-OH is 9. The maximum absolute atomic E-state index is 12.5. The van der Waals surface area contributed by atoms with Crippen molar-refractivity contribution in [3.05, 3.63) is 0 Å². The molecule has 0 amide bonds. The molecule has 11 unspecified atom stereocenters. The van der Waals surface area contributed by atoms with Crippen LogP contribution in [0.2, 0.25) is 0 Å². The van der Waals surface area contributed by atoms with Gasteiger partial charge in [0, 0.05) is 19.1 Å². The van der Waals surface area contributed by atoms with Crippen LogP contribution in [0.25, 0.3) is 0 Å². The number of hydrogen-bond donors (Lipinski definition) is 14. The van der Waals surface area contributed by atoms with Crippen LogP contribution < -0.4 is 28.3 Å². The van der Waals surface area contributed by atoms with Gasteiger partial charge in [0.25, 0.3) is 0 Å². The van der Waals surface area contributed by atoms with E-state index in [0.717, 1.165) is 0 Å². The third-order valence-electron chi connectivity index (χ3n) is 8.52. The minimum absolute atomic E-state index is 0.132. The number of nitrogens with two attached hydrogens (primary N) is 4. The molecule has 1 saturated carbocycles. The third-order valence-corrected chi connectivity index (χ3v) is 8.52. The van der Waals surface area contributed by atoms with E-state index in [1.54, 1.807) is 0 Å². The van der Waals surface area contributed by atoms with E-state index >= 15 is 0 Å². The fourth-order valence-electron chi connectivity index (χ4n) is 5.68. The number of amidine groups is 1. The number of nitrogens with zero attached hydrogens (tertiary/aromatic N) is 1. The van der Waals surface area contributed by atoms with Crippen LogP contribution in [0, 0.1) is 0 Å². The molecule has 0 radical (unpaired) electrons. The molecule has 3 fully saturated rings. The van der Waals surface area contributed by atoms with Crippen molar-refractivity contribution in [2.75, 3.05) is 33.0 Å². The summed E-state index contributed by atoms with van der Waals surface area (Å²) in [4.78, 5) is 4.17. The molecule has 19 nitrogen and oxygen atoms in total. The van der Waals surface area contributed by atoms with Crippen LogP contribution in [-0.2, 0) is 18.9 Å². The van der Waals surface area contributed by atoms with Crippen molar-refractivity contribution in [3.8, 4) is 0 Å². The third kappa shape index (κ3) is 9.45. The maximum atomic E-state index is 12.5. The molecule has 1 aliphatic carbocycles. The average molecular weight is 675 g/mol. The molecule has 2 saturated heterocycles. The van der Waals surface area contributed by atoms with Gasteiger partial charge in [-0.25, -0.2) is 4.39 Å². The van der Waals surface area contributed by atoms with Gasteiger partial charge in [0.2, 0.25) is 0 Å². The molecule has 0 spiro atoms. The van der Waals surface area contributed by atoms with Gasteiger partial charge in [0.1, 0.15) is 73.5 Å². The monoisotopic (exact) mass is 674 g/mol. The van der Waals surface area contributed by atoms with Crippen LogP contribution in [0.4, 0.5) is 4.39 Å². The Morgan fingerprint density at radius 2 is 1.57 bits per heavy atom. The largest absolute Gasteiger partial charge is 0.394 e. The lowest BCUT2D eigenvalue weighted by Crippen LogP contribution is -2.66. The Labute approximate surface area is 264 Å². The van der Waals surface area contributed by atoms with E-state index in [1.807, 2.05) is 0 Å². The number of rotatable bonds is 15. The Bertz CT molecular complexity index is 949. The Kier molecular flexibility index (Phi) is 15.3. The zero-order chi connectivity index (χ0) is 34.3. The normalized spacial score (nSPS) is 41.9. The van der Waals surface area contributed by atoms with E-state index in [1.165, 1.54) is 0 Å². The van der Waals surface area contributed by atoms with Crippen molar-refractivity contribution >= 4 is 5.84 Å². The van der Waals surface area contributed by atoms with Gasteiger partial charge in [-0.05, 0) is 19.3 Å². The number of halogens is 1. The Morgan fingerprint density at radius 3 is 2.20 bits per heavy atom. The van der Waals surface area contributed by atoms with E-state index in [0.29, 0.717) is 19.4 Å². The average Bonchev–Trinajstić information content (AvgIpc) is 3.04. The SMILES string of the molecule is NC(=N[C@@H]1C[C@H](N)C(O[C@H]2O[C@H](CNCCF)CCC2N)C(O)C1O[C@H]1OC(CO)C(O)[C@H](N)C1O)C(O)C(O)C(O)C(O)CO. The second-order valence-electron chi connectivity index (χ2n) is 11.9. The minimum atomic E-state index is -2.09. The van der Waals surface area contributed by atoms with E-state index < -0.39 is 124 Å². The highest BCUT2D eigenvalue weighted by molar-refractivity contribution is 5.85. The Morgan fingerprint density at radius 1 is 0.891 bits per heavy atom. The van der Waals surface area contributed by atoms with E-state index in [9.17, 15) is 45.2 Å². The maximum Gasteiger partial charge on any atom is 0.186 e. The van der Waals surface area contributed by atoms with Gasteiger partial charge in [0.05, 0.1) is 37.4 Å². The Balaban J connectivity index is 1.87. The van der Waals surface area contributed by atoms with Crippen LogP contribution in [0.3, 0.4) is 0 Å². The van der Waals surface area contributed by atoms with Crippen LogP contribution >= 0.6 is 0 Å². The number of hydrogen-bond acceptors (Lipinski definition) is 18. The summed E-state index contributed by atoms with van der Waals surface area (Å²) in [5.41, 5.74) is 24.5. The molecule has 0 aromatic heterocycles. The van der Waals surface area contributed by atoms with E-state index in [4.69, 9.17) is 47.0 Å². The second kappa shape index (κ2) is 17.9. The number of nitrogens with one attached hydrogen (secondary N) is 1. The quantitative estimate of drug-likeness (QED) is 0.0435. The lowest BCUT2D eigenvalue weighted by molar-refractivity contribution is -0.312. The van der Waals surface area contributed by atoms with Gasteiger partial charge < -0.3 is 93.2 Å². The lowest BCUT2D eigenvalue weighted by Gasteiger charge is -2.47. The van der Waals surface area contributed by atoms with Crippen LogP contribution in [0.15, 0.2) is 4.99 Å². The van der Waals surface area contributed by atoms with E-state index in [-0.39, 0.29) is 19.1 Å². The van der Waals surface area contributed by atoms with E-state index in [2.05, 4.69) is 10.3 Å². The fraction of sp³-hybridized carbons (Fsp3) is 0.962. The number of aliphatic imine (C=N–C) groups is 1.